The second-order valence-electron chi connectivity index (χ2n) is 15.5. The molecule has 3 heterocycles. The first kappa shape index (κ1) is 38.0. The van der Waals surface area contributed by atoms with Gasteiger partial charge >= 0.3 is 0 Å². The van der Waals surface area contributed by atoms with Crippen molar-refractivity contribution in [3.05, 3.63) is 138 Å². The molecule has 6 heteroatoms. The van der Waals surface area contributed by atoms with E-state index in [-0.39, 0.29) is 31.3 Å². The Labute approximate surface area is 316 Å². The average molecular weight is 869 g/mol. The molecule has 0 atom stereocenters. The minimum atomic E-state index is -1.37. The first-order chi connectivity index (χ1) is 23.7. The fourth-order valence-corrected chi connectivity index (χ4v) is 8.43. The fourth-order valence-electron chi connectivity index (χ4n) is 6.85. The van der Waals surface area contributed by atoms with Crippen molar-refractivity contribution < 1.29 is 28.9 Å². The number of aromatic nitrogens is 2. The molecule has 0 amide bonds. The van der Waals surface area contributed by atoms with Crippen molar-refractivity contribution >= 4 is 35.2 Å². The monoisotopic (exact) mass is 869 g/mol. The third-order valence-corrected chi connectivity index (χ3v) is 10.9. The Kier molecular flexibility index (Phi) is 11.3. The molecular weight excluding hydrogens is 824 g/mol. The van der Waals surface area contributed by atoms with E-state index in [4.69, 9.17) is 9.40 Å². The summed E-state index contributed by atoms with van der Waals surface area (Å²) in [4.78, 5) is 9.29. The summed E-state index contributed by atoms with van der Waals surface area (Å²) >= 11 is 0. The van der Waals surface area contributed by atoms with Gasteiger partial charge in [0.25, 0.3) is 0 Å². The predicted octanol–water partition coefficient (Wildman–Crippen LogP) is 11.9. The van der Waals surface area contributed by atoms with Crippen molar-refractivity contribution in [2.24, 2.45) is 5.41 Å². The second-order valence-corrected chi connectivity index (χ2v) is 20.6. The van der Waals surface area contributed by atoms with Crippen molar-refractivity contribution in [2.75, 3.05) is 0 Å². The molecule has 3 aromatic heterocycles. The molecule has 0 unspecified atom stereocenters. The molecule has 0 aliphatic carbocycles. The van der Waals surface area contributed by atoms with Gasteiger partial charge in [0.05, 0.1) is 13.7 Å². The fraction of sp³-hybridized carbons (Fsp3) is 0.244. The smallest absolute Gasteiger partial charge is 0.124 e. The van der Waals surface area contributed by atoms with Crippen LogP contribution in [0.2, 0.25) is 19.6 Å². The third kappa shape index (κ3) is 8.64. The maximum Gasteiger partial charge on any atom is 0.124 e. The minimum Gasteiger partial charge on any atom is -0.501 e. The summed E-state index contributed by atoms with van der Waals surface area (Å²) in [6.07, 6.45) is 5.02. The SMILES string of the molecule is CC(C)(C)Cc1cc(-c2[c-]cccc2)ncc1[Si](C)(C)C.Cc1cc(C)c(-c2ccnc(-c3[c-]ccc4c3oc3ccc(F)cc34)c2)c(C)c1.[Ir]. The standard InChI is InChI=1S/C26H19FNO.C19H26NSi.Ir/c1-15-11-16(2)25(17(3)12-15)18-9-10-28-23(13-18)21-6-4-5-20-22-14-19(27)7-8-24(22)29-26(20)21;1-19(2,3)13-16-12-17(15-10-8-7-9-11-15)20-14-18(16)21(4,5)6;/h4-5,7-14H,1-3H3;7-10,12,14H,13H2,1-6H3;/q2*-1;. The number of hydrogen-bond acceptors (Lipinski definition) is 3. The summed E-state index contributed by atoms with van der Waals surface area (Å²) in [6, 6.07) is 33.7. The van der Waals surface area contributed by atoms with Crippen LogP contribution in [0.25, 0.3) is 55.6 Å². The van der Waals surface area contributed by atoms with E-state index in [9.17, 15) is 4.39 Å². The van der Waals surface area contributed by atoms with Gasteiger partial charge in [0.2, 0.25) is 0 Å². The van der Waals surface area contributed by atoms with Gasteiger partial charge < -0.3 is 14.4 Å². The number of furan rings is 1. The molecule has 0 saturated carbocycles. The van der Waals surface area contributed by atoms with Crippen molar-refractivity contribution in [3.8, 4) is 33.6 Å². The Hall–Kier alpha value is -4.22. The summed E-state index contributed by atoms with van der Waals surface area (Å²) in [6.45, 7) is 20.5. The van der Waals surface area contributed by atoms with Crippen molar-refractivity contribution in [3.63, 3.8) is 0 Å². The van der Waals surface area contributed by atoms with Gasteiger partial charge in [0.15, 0.2) is 0 Å². The number of pyridine rings is 2. The Morgan fingerprint density at radius 1 is 0.784 bits per heavy atom. The summed E-state index contributed by atoms with van der Waals surface area (Å²) < 4.78 is 19.8. The molecule has 0 aliphatic heterocycles. The van der Waals surface area contributed by atoms with E-state index in [0.29, 0.717) is 11.2 Å². The molecule has 1 radical (unpaired) electrons. The predicted molar refractivity (Wildman–Crippen MR) is 210 cm³/mol. The second kappa shape index (κ2) is 15.2. The van der Waals surface area contributed by atoms with E-state index < -0.39 is 8.07 Å². The van der Waals surface area contributed by atoms with Gasteiger partial charge in [-0.3, -0.25) is 0 Å². The van der Waals surface area contributed by atoms with Crippen LogP contribution in [-0.2, 0) is 26.5 Å². The van der Waals surface area contributed by atoms with Gasteiger partial charge in [-0.15, -0.1) is 54.1 Å². The summed E-state index contributed by atoms with van der Waals surface area (Å²) in [7, 11) is -1.37. The van der Waals surface area contributed by atoms with Gasteiger partial charge in [-0.1, -0.05) is 86.8 Å². The van der Waals surface area contributed by atoms with E-state index in [2.05, 4.69) is 115 Å². The van der Waals surface area contributed by atoms with Crippen LogP contribution in [0.1, 0.15) is 43.0 Å². The number of aryl methyl sites for hydroxylation is 3. The largest absolute Gasteiger partial charge is 0.501 e. The Morgan fingerprint density at radius 2 is 1.53 bits per heavy atom. The van der Waals surface area contributed by atoms with E-state index in [1.165, 1.54) is 45.1 Å². The normalized spacial score (nSPS) is 11.6. The van der Waals surface area contributed by atoms with Crippen molar-refractivity contribution in [2.45, 2.75) is 67.6 Å². The molecule has 0 aliphatic rings. The topological polar surface area (TPSA) is 38.9 Å². The van der Waals surface area contributed by atoms with Crippen LogP contribution in [0, 0.1) is 44.1 Å². The minimum absolute atomic E-state index is 0. The number of hydrogen-bond donors (Lipinski definition) is 0. The van der Waals surface area contributed by atoms with Crippen LogP contribution in [0.3, 0.4) is 0 Å². The third-order valence-electron chi connectivity index (χ3n) is 8.88. The number of rotatable bonds is 5. The summed E-state index contributed by atoms with van der Waals surface area (Å²) in [5.74, 6) is -0.278. The van der Waals surface area contributed by atoms with Crippen LogP contribution >= 0.6 is 0 Å². The van der Waals surface area contributed by atoms with Gasteiger partial charge in [-0.2, -0.15) is 0 Å². The maximum absolute atomic E-state index is 13.7. The number of nitrogens with zero attached hydrogens (tertiary/aromatic N) is 2. The van der Waals surface area contributed by atoms with E-state index in [1.54, 1.807) is 6.07 Å². The van der Waals surface area contributed by atoms with Crippen molar-refractivity contribution in [1.29, 1.82) is 0 Å². The molecule has 7 rings (SSSR count). The van der Waals surface area contributed by atoms with Gasteiger partial charge in [-0.05, 0) is 95.7 Å². The van der Waals surface area contributed by atoms with Crippen LogP contribution in [0.15, 0.2) is 102 Å². The number of fused-ring (bicyclic) bond motifs is 3. The molecule has 0 fully saturated rings. The molecule has 7 aromatic rings. The Balaban J connectivity index is 0.000000205. The average Bonchev–Trinajstić information content (AvgIpc) is 3.42. The molecule has 0 saturated heterocycles. The molecule has 263 valence electrons. The van der Waals surface area contributed by atoms with E-state index in [0.717, 1.165) is 45.3 Å². The zero-order valence-electron chi connectivity index (χ0n) is 31.0. The molecule has 0 bridgehead atoms. The molecule has 0 N–H and O–H groups in total. The van der Waals surface area contributed by atoms with Crippen LogP contribution in [-0.4, -0.2) is 18.0 Å². The van der Waals surface area contributed by atoms with Crippen LogP contribution in [0.5, 0.6) is 0 Å². The first-order valence-corrected chi connectivity index (χ1v) is 20.7. The molecule has 0 spiro atoms. The molecule has 51 heavy (non-hydrogen) atoms. The molecule has 3 nitrogen and oxygen atoms in total. The maximum atomic E-state index is 13.7. The van der Waals surface area contributed by atoms with Crippen molar-refractivity contribution in [1.82, 2.24) is 9.97 Å². The number of benzene rings is 4. The first-order valence-electron chi connectivity index (χ1n) is 17.2. The van der Waals surface area contributed by atoms with Gasteiger partial charge in [0, 0.05) is 37.9 Å². The quantitative estimate of drug-likeness (QED) is 0.128. The van der Waals surface area contributed by atoms with Gasteiger partial charge in [-0.25, -0.2) is 4.39 Å². The Morgan fingerprint density at radius 3 is 2.20 bits per heavy atom. The summed E-state index contributed by atoms with van der Waals surface area (Å²) in [5.41, 5.74) is 12.8. The summed E-state index contributed by atoms with van der Waals surface area (Å²) in [5, 5.41) is 3.11. The Bertz CT molecular complexity index is 2290. The molecular formula is C45H45FIrN2OSi-2. The van der Waals surface area contributed by atoms with Crippen LogP contribution in [0.4, 0.5) is 4.39 Å². The zero-order valence-corrected chi connectivity index (χ0v) is 34.4. The van der Waals surface area contributed by atoms with E-state index in [1.807, 2.05) is 42.6 Å². The number of halogens is 1. The van der Waals surface area contributed by atoms with Gasteiger partial charge in [0.1, 0.15) is 11.4 Å². The molecule has 4 aromatic carbocycles. The van der Waals surface area contributed by atoms with Crippen LogP contribution < -0.4 is 5.19 Å². The zero-order chi connectivity index (χ0) is 35.8. The van der Waals surface area contributed by atoms with E-state index >= 15 is 0 Å².